The van der Waals surface area contributed by atoms with Gasteiger partial charge in [0.25, 0.3) is 5.91 Å². The molecule has 6 rings (SSSR count). The lowest BCUT2D eigenvalue weighted by Crippen LogP contribution is -2.28. The van der Waals surface area contributed by atoms with Crippen LogP contribution in [-0.4, -0.2) is 60.6 Å². The molecule has 10 nitrogen and oxygen atoms in total. The van der Waals surface area contributed by atoms with Crippen LogP contribution in [0.25, 0.3) is 10.9 Å². The lowest BCUT2D eigenvalue weighted by Gasteiger charge is -2.27. The highest BCUT2D eigenvalue weighted by atomic mass is 31.2. The number of aromatic nitrogens is 1. The van der Waals surface area contributed by atoms with E-state index >= 15 is 0 Å². The molecule has 0 spiro atoms. The number of para-hydroxylation sites is 1. The monoisotopic (exact) mass is 788 g/mol. The van der Waals surface area contributed by atoms with E-state index in [1.165, 1.54) is 17.0 Å². The molecule has 0 N–H and O–H groups in total. The van der Waals surface area contributed by atoms with Gasteiger partial charge in [0.15, 0.2) is 18.1 Å². The first-order valence-corrected chi connectivity index (χ1v) is 19.8. The molecule has 6 aromatic rings. The number of fused-ring (bicyclic) bond motifs is 1. The molecule has 0 aliphatic heterocycles. The van der Waals surface area contributed by atoms with E-state index in [9.17, 15) is 18.8 Å². The first-order chi connectivity index (χ1) is 27.8. The van der Waals surface area contributed by atoms with Crippen LogP contribution in [0.5, 0.6) is 17.2 Å². The summed E-state index contributed by atoms with van der Waals surface area (Å²) in [4.78, 5) is 46.7. The van der Waals surface area contributed by atoms with Crippen molar-refractivity contribution in [3.63, 3.8) is 0 Å². The Balaban J connectivity index is 1.43. The zero-order chi connectivity index (χ0) is 40.1. The summed E-state index contributed by atoms with van der Waals surface area (Å²) in [5.41, 5.74) is 2.49. The minimum absolute atomic E-state index is 0.0329. The van der Waals surface area contributed by atoms with E-state index in [0.29, 0.717) is 28.5 Å². The van der Waals surface area contributed by atoms with Gasteiger partial charge in [-0.25, -0.2) is 9.18 Å². The van der Waals surface area contributed by atoms with Gasteiger partial charge < -0.3 is 28.2 Å². The van der Waals surface area contributed by atoms with Crippen LogP contribution in [0.15, 0.2) is 134 Å². The quantitative estimate of drug-likeness (QED) is 0.0478. The highest BCUT2D eigenvalue weighted by Gasteiger charge is 2.32. The number of ether oxygens (including phenoxy) is 3. The number of rotatable bonds is 18. The summed E-state index contributed by atoms with van der Waals surface area (Å²) in [6, 6.07) is 37.4. The fourth-order valence-electron chi connectivity index (χ4n) is 6.11. The first-order valence-electron chi connectivity index (χ1n) is 18.4. The maximum absolute atomic E-state index is 14.7. The second kappa shape index (κ2) is 19.6. The van der Waals surface area contributed by atoms with E-state index in [2.05, 4.69) is 0 Å². The minimum atomic E-state index is -1.76. The highest BCUT2D eigenvalue weighted by molar-refractivity contribution is 7.47. The van der Waals surface area contributed by atoms with Gasteiger partial charge in [-0.3, -0.25) is 14.6 Å². The smallest absolute Gasteiger partial charge is 0.335 e. The molecule has 0 saturated carbocycles. The van der Waals surface area contributed by atoms with E-state index < -0.39 is 38.3 Å². The number of benzene rings is 5. The summed E-state index contributed by atoms with van der Waals surface area (Å²) in [6.07, 6.45) is 0.707. The second-order valence-electron chi connectivity index (χ2n) is 12.9. The standard InChI is InChI=1S/C45H42FN2O8P/c1-4-52-45(51)31(2)55-57(56-36-19-12-7-13-20-36)28-27-53-42-37-21-14-26-47-40(37)43(54-41(33-15-8-5-9-16-33)34-17-10-6-11-18-34)39(38(42)30-49)44(50)48(3)29-32-22-24-35(46)25-23-32/h5-26,30-31,41H,4,27-29H2,1-3H3. The Morgan fingerprint density at radius 3 is 2.09 bits per heavy atom. The Labute approximate surface area is 332 Å². The van der Waals surface area contributed by atoms with Crippen LogP contribution in [0, 0.1) is 5.82 Å². The number of hydrogen-bond donors (Lipinski definition) is 0. The van der Waals surface area contributed by atoms with Gasteiger partial charge in [-0.15, -0.1) is 0 Å². The zero-order valence-electron chi connectivity index (χ0n) is 31.7. The molecule has 0 fully saturated rings. The van der Waals surface area contributed by atoms with Gasteiger partial charge >= 0.3 is 5.97 Å². The summed E-state index contributed by atoms with van der Waals surface area (Å²) >= 11 is 0. The Kier molecular flexibility index (Phi) is 13.9. The number of aldehydes is 1. The van der Waals surface area contributed by atoms with Crippen LogP contribution < -0.4 is 14.0 Å². The Hall–Kier alpha value is -6.16. The number of carbonyl (C=O) groups excluding carboxylic acids is 3. The molecule has 0 radical (unpaired) electrons. The normalized spacial score (nSPS) is 12.1. The third-order valence-corrected chi connectivity index (χ3v) is 10.3. The number of nitrogens with zero attached hydrogens (tertiary/aromatic N) is 2. The maximum atomic E-state index is 14.7. The van der Waals surface area contributed by atoms with Gasteiger partial charge in [0.05, 0.1) is 30.5 Å². The summed E-state index contributed by atoms with van der Waals surface area (Å²) < 4.78 is 44.5. The molecule has 2 unspecified atom stereocenters. The van der Waals surface area contributed by atoms with Crippen molar-refractivity contribution < 1.29 is 42.0 Å². The molecular formula is C45H42FN2O8P. The van der Waals surface area contributed by atoms with Gasteiger partial charge in [-0.2, -0.15) is 0 Å². The number of hydrogen-bond acceptors (Lipinski definition) is 9. The predicted octanol–water partition coefficient (Wildman–Crippen LogP) is 9.36. The van der Waals surface area contributed by atoms with Crippen LogP contribution in [-0.2, 0) is 20.6 Å². The third kappa shape index (κ3) is 10.2. The van der Waals surface area contributed by atoms with E-state index in [4.69, 9.17) is 28.2 Å². The molecule has 1 amide bonds. The Morgan fingerprint density at radius 1 is 0.842 bits per heavy atom. The average molecular weight is 789 g/mol. The molecule has 0 saturated heterocycles. The van der Waals surface area contributed by atoms with Crippen molar-refractivity contribution in [2.24, 2.45) is 0 Å². The van der Waals surface area contributed by atoms with E-state index in [1.54, 1.807) is 63.5 Å². The third-order valence-electron chi connectivity index (χ3n) is 8.83. The number of carbonyl (C=O) groups is 3. The maximum Gasteiger partial charge on any atom is 0.335 e. The van der Waals surface area contributed by atoms with Crippen LogP contribution in [0.3, 0.4) is 0 Å². The van der Waals surface area contributed by atoms with Crippen LogP contribution in [0.1, 0.15) is 57.4 Å². The van der Waals surface area contributed by atoms with E-state index in [0.717, 1.165) is 11.1 Å². The number of halogens is 1. The van der Waals surface area contributed by atoms with E-state index in [1.807, 2.05) is 78.9 Å². The molecule has 292 valence electrons. The number of amides is 1. The second-order valence-corrected chi connectivity index (χ2v) is 14.4. The topological polar surface area (TPSA) is 113 Å². The molecule has 5 aromatic carbocycles. The first kappa shape index (κ1) is 40.5. The van der Waals surface area contributed by atoms with Crippen LogP contribution in [0.2, 0.25) is 0 Å². The SMILES string of the molecule is CCOC(=O)C(C)OP(CCOc1c(C=O)c(C(=O)N(C)Cc2ccc(F)cc2)c(OC(c2ccccc2)c2ccccc2)c2ncccc12)Oc1ccccc1. The average Bonchev–Trinajstić information content (AvgIpc) is 3.24. The summed E-state index contributed by atoms with van der Waals surface area (Å²) in [5, 5.41) is 0.432. The Morgan fingerprint density at radius 2 is 1.47 bits per heavy atom. The molecule has 0 aliphatic carbocycles. The molecule has 1 heterocycles. The Bertz CT molecular complexity index is 2220. The largest absolute Gasteiger partial charge is 0.492 e. The lowest BCUT2D eigenvalue weighted by molar-refractivity contribution is -0.150. The fraction of sp³-hybridized carbons (Fsp3) is 0.200. The molecular weight excluding hydrogens is 746 g/mol. The van der Waals surface area contributed by atoms with Crippen molar-refractivity contribution in [3.8, 4) is 17.2 Å². The van der Waals surface area contributed by atoms with Crippen molar-refractivity contribution in [2.45, 2.75) is 32.6 Å². The fourth-order valence-corrected chi connectivity index (χ4v) is 7.39. The summed E-state index contributed by atoms with van der Waals surface area (Å²) in [6.45, 7) is 3.56. The molecule has 1 aromatic heterocycles. The van der Waals surface area contributed by atoms with E-state index in [-0.39, 0.29) is 48.5 Å². The summed E-state index contributed by atoms with van der Waals surface area (Å²) in [5.74, 6) is -0.739. The van der Waals surface area contributed by atoms with Crippen LogP contribution in [0.4, 0.5) is 4.39 Å². The van der Waals surface area contributed by atoms with Gasteiger partial charge in [0, 0.05) is 25.2 Å². The number of esters is 1. The molecule has 0 aliphatic rings. The van der Waals surface area contributed by atoms with Crippen molar-refractivity contribution in [3.05, 3.63) is 167 Å². The van der Waals surface area contributed by atoms with Crippen molar-refractivity contribution in [2.75, 3.05) is 26.4 Å². The zero-order valence-corrected chi connectivity index (χ0v) is 32.6. The molecule has 0 bridgehead atoms. The highest BCUT2D eigenvalue weighted by Crippen LogP contribution is 2.44. The molecule has 57 heavy (non-hydrogen) atoms. The van der Waals surface area contributed by atoms with Gasteiger partial charge in [0.1, 0.15) is 28.9 Å². The van der Waals surface area contributed by atoms with Gasteiger partial charge in [-0.1, -0.05) is 91.0 Å². The number of pyridine rings is 1. The lowest BCUT2D eigenvalue weighted by atomic mass is 9.98. The van der Waals surface area contributed by atoms with Crippen molar-refractivity contribution in [1.29, 1.82) is 0 Å². The summed E-state index contributed by atoms with van der Waals surface area (Å²) in [7, 11) is -0.167. The van der Waals surface area contributed by atoms with Gasteiger partial charge in [0.2, 0.25) is 8.38 Å². The van der Waals surface area contributed by atoms with Crippen molar-refractivity contribution >= 4 is 37.4 Å². The minimum Gasteiger partial charge on any atom is -0.492 e. The van der Waals surface area contributed by atoms with Crippen LogP contribution >= 0.6 is 8.38 Å². The molecule has 2 atom stereocenters. The molecule has 12 heteroatoms. The van der Waals surface area contributed by atoms with Gasteiger partial charge in [-0.05, 0) is 66.9 Å². The van der Waals surface area contributed by atoms with Crippen molar-refractivity contribution in [1.82, 2.24) is 9.88 Å². The predicted molar refractivity (Wildman–Crippen MR) is 216 cm³/mol.